The number of ether oxygens (including phenoxy) is 3. The zero-order chi connectivity index (χ0) is 27.6. The summed E-state index contributed by atoms with van der Waals surface area (Å²) < 4.78 is 17.9. The SMILES string of the molecule is COc1ccc(NC2=Cc3c(n(N)c4ccc(N(c5ccc(OC)cc5)c5ccc(OC)cc5)cc34)CC2)cc1. The Bertz CT molecular complexity index is 1620. The van der Waals surface area contributed by atoms with E-state index in [2.05, 4.69) is 58.8 Å². The standard InChI is InChI=1S/C33H32N4O3/c1-38-27-12-4-22(5-13-27)35-23-6-18-32-30(20-23)31-21-26(11-19-33(31)37(32)34)36(24-7-14-28(39-2)15-8-24)25-9-16-29(40-3)17-10-25/h4-5,7-17,19-21,35H,6,18,34H2,1-3H3. The van der Waals surface area contributed by atoms with E-state index in [1.165, 1.54) is 0 Å². The van der Waals surface area contributed by atoms with Crippen molar-refractivity contribution in [3.63, 3.8) is 0 Å². The molecule has 3 N–H and O–H groups in total. The minimum Gasteiger partial charge on any atom is -0.497 e. The Morgan fingerprint density at radius 2 is 1.20 bits per heavy atom. The minimum absolute atomic E-state index is 0.810. The van der Waals surface area contributed by atoms with E-state index in [0.717, 1.165) is 80.7 Å². The Labute approximate surface area is 234 Å². The first-order valence-electron chi connectivity index (χ1n) is 13.2. The quantitative estimate of drug-likeness (QED) is 0.205. The number of nitrogen functional groups attached to an aromatic ring is 1. The van der Waals surface area contributed by atoms with Crippen molar-refractivity contribution in [3.05, 3.63) is 108 Å². The zero-order valence-electron chi connectivity index (χ0n) is 22.8. The van der Waals surface area contributed by atoms with Crippen LogP contribution in [0, 0.1) is 0 Å². The molecule has 1 aliphatic rings. The van der Waals surface area contributed by atoms with E-state index in [4.69, 9.17) is 20.1 Å². The van der Waals surface area contributed by atoms with Gasteiger partial charge in [0.2, 0.25) is 0 Å². The minimum atomic E-state index is 0.810. The summed E-state index contributed by atoms with van der Waals surface area (Å²) in [5, 5.41) is 4.69. The highest BCUT2D eigenvalue weighted by Gasteiger charge is 2.21. The van der Waals surface area contributed by atoms with Gasteiger partial charge >= 0.3 is 0 Å². The number of hydrogen-bond acceptors (Lipinski definition) is 6. The lowest BCUT2D eigenvalue weighted by atomic mass is 9.99. The van der Waals surface area contributed by atoms with Crippen LogP contribution in [0.5, 0.6) is 17.2 Å². The average molecular weight is 533 g/mol. The monoisotopic (exact) mass is 532 g/mol. The van der Waals surface area contributed by atoms with Gasteiger partial charge in [0.1, 0.15) is 17.2 Å². The summed E-state index contributed by atoms with van der Waals surface area (Å²) in [5.41, 5.74) is 8.52. The second kappa shape index (κ2) is 10.6. The molecule has 7 heteroatoms. The van der Waals surface area contributed by atoms with E-state index in [-0.39, 0.29) is 0 Å². The summed E-state index contributed by atoms with van der Waals surface area (Å²) in [6.07, 6.45) is 3.96. The first-order valence-corrected chi connectivity index (χ1v) is 13.2. The van der Waals surface area contributed by atoms with Crippen LogP contribution in [0.15, 0.2) is 96.7 Å². The fourth-order valence-electron chi connectivity index (χ4n) is 5.30. The summed E-state index contributed by atoms with van der Waals surface area (Å²) in [5.74, 6) is 9.07. The number of hydrogen-bond donors (Lipinski definition) is 2. The van der Waals surface area contributed by atoms with E-state index in [1.807, 2.05) is 53.2 Å². The zero-order valence-corrected chi connectivity index (χ0v) is 22.8. The summed E-state index contributed by atoms with van der Waals surface area (Å²) in [4.78, 5) is 2.22. The van der Waals surface area contributed by atoms with Gasteiger partial charge in [-0.2, -0.15) is 0 Å². The van der Waals surface area contributed by atoms with Gasteiger partial charge in [-0.25, -0.2) is 0 Å². The van der Waals surface area contributed by atoms with E-state index >= 15 is 0 Å². The van der Waals surface area contributed by atoms with Crippen LogP contribution in [0.3, 0.4) is 0 Å². The van der Waals surface area contributed by atoms with Gasteiger partial charge in [0.25, 0.3) is 0 Å². The number of nitrogens with one attached hydrogen (secondary N) is 1. The number of aromatic nitrogens is 1. The van der Waals surface area contributed by atoms with Gasteiger partial charge in [-0.1, -0.05) is 0 Å². The number of nitrogens with two attached hydrogens (primary N) is 1. The van der Waals surface area contributed by atoms with Crippen molar-refractivity contribution in [1.29, 1.82) is 0 Å². The van der Waals surface area contributed by atoms with Crippen molar-refractivity contribution in [3.8, 4) is 17.2 Å². The Morgan fingerprint density at radius 3 is 1.75 bits per heavy atom. The lowest BCUT2D eigenvalue weighted by Gasteiger charge is -2.26. The van der Waals surface area contributed by atoms with Gasteiger partial charge in [0.15, 0.2) is 0 Å². The summed E-state index contributed by atoms with van der Waals surface area (Å²) >= 11 is 0. The van der Waals surface area contributed by atoms with E-state index < -0.39 is 0 Å². The summed E-state index contributed by atoms with van der Waals surface area (Å²) in [6, 6.07) is 30.6. The van der Waals surface area contributed by atoms with Gasteiger partial charge in [-0.15, -0.1) is 0 Å². The number of nitrogens with zero attached hydrogens (tertiary/aromatic N) is 2. The Morgan fingerprint density at radius 1 is 0.675 bits per heavy atom. The van der Waals surface area contributed by atoms with Crippen LogP contribution in [0.4, 0.5) is 22.7 Å². The molecule has 1 aliphatic carbocycles. The predicted molar refractivity (Wildman–Crippen MR) is 163 cm³/mol. The lowest BCUT2D eigenvalue weighted by molar-refractivity contribution is 0.414. The van der Waals surface area contributed by atoms with Gasteiger partial charge in [0.05, 0.1) is 26.8 Å². The highest BCUT2D eigenvalue weighted by molar-refractivity contribution is 5.96. The average Bonchev–Trinajstić information content (AvgIpc) is 3.29. The first kappa shape index (κ1) is 25.2. The van der Waals surface area contributed by atoms with Gasteiger partial charge in [-0.05, 0) is 110 Å². The maximum Gasteiger partial charge on any atom is 0.119 e. The van der Waals surface area contributed by atoms with E-state index in [1.54, 1.807) is 21.3 Å². The fourth-order valence-corrected chi connectivity index (χ4v) is 5.30. The number of allylic oxidation sites excluding steroid dienone is 1. The molecule has 202 valence electrons. The molecule has 6 rings (SSSR count). The predicted octanol–water partition coefficient (Wildman–Crippen LogP) is 7.25. The van der Waals surface area contributed by atoms with Crippen molar-refractivity contribution in [1.82, 2.24) is 4.68 Å². The molecule has 7 nitrogen and oxygen atoms in total. The second-order valence-corrected chi connectivity index (χ2v) is 9.69. The van der Waals surface area contributed by atoms with Crippen molar-refractivity contribution >= 4 is 39.7 Å². The molecule has 0 saturated carbocycles. The van der Waals surface area contributed by atoms with Crippen molar-refractivity contribution < 1.29 is 14.2 Å². The molecule has 40 heavy (non-hydrogen) atoms. The van der Waals surface area contributed by atoms with Gasteiger partial charge in [-0.3, -0.25) is 4.68 Å². The smallest absolute Gasteiger partial charge is 0.119 e. The maximum atomic E-state index is 6.61. The number of benzene rings is 4. The fraction of sp³-hybridized carbons (Fsp3) is 0.152. The molecular formula is C33H32N4O3. The number of rotatable bonds is 8. The molecule has 0 bridgehead atoms. The number of fused-ring (bicyclic) bond motifs is 3. The molecule has 1 aromatic heterocycles. The third-order valence-corrected chi connectivity index (χ3v) is 7.40. The molecule has 5 aromatic rings. The number of anilines is 4. The van der Waals surface area contributed by atoms with Crippen LogP contribution >= 0.6 is 0 Å². The molecule has 0 amide bonds. The Balaban J connectivity index is 1.43. The topological polar surface area (TPSA) is 73.9 Å². The van der Waals surface area contributed by atoms with Crippen molar-refractivity contribution in [2.24, 2.45) is 0 Å². The highest BCUT2D eigenvalue weighted by atomic mass is 16.5. The van der Waals surface area contributed by atoms with Crippen molar-refractivity contribution in [2.45, 2.75) is 12.8 Å². The van der Waals surface area contributed by atoms with E-state index in [9.17, 15) is 0 Å². The van der Waals surface area contributed by atoms with Crippen molar-refractivity contribution in [2.75, 3.05) is 37.4 Å². The molecule has 0 aliphatic heterocycles. The molecule has 0 fully saturated rings. The molecule has 0 saturated heterocycles. The number of methoxy groups -OCH3 is 3. The molecule has 0 radical (unpaired) electrons. The summed E-state index contributed by atoms with van der Waals surface area (Å²) in [7, 11) is 5.03. The van der Waals surface area contributed by atoms with E-state index in [0.29, 0.717) is 0 Å². The normalized spacial score (nSPS) is 12.4. The third-order valence-electron chi connectivity index (χ3n) is 7.40. The molecular weight excluding hydrogens is 500 g/mol. The third kappa shape index (κ3) is 4.66. The van der Waals surface area contributed by atoms with Crippen LogP contribution in [-0.4, -0.2) is 26.0 Å². The Hall–Kier alpha value is -5.04. The molecule has 0 unspecified atom stereocenters. The van der Waals surface area contributed by atoms with Crippen LogP contribution in [-0.2, 0) is 6.42 Å². The maximum absolute atomic E-state index is 6.61. The largest absolute Gasteiger partial charge is 0.497 e. The van der Waals surface area contributed by atoms with Crippen LogP contribution < -0.4 is 30.3 Å². The van der Waals surface area contributed by atoms with Crippen LogP contribution in [0.2, 0.25) is 0 Å². The lowest BCUT2D eigenvalue weighted by Crippen LogP contribution is -2.15. The van der Waals surface area contributed by atoms with Gasteiger partial charge in [0, 0.05) is 45.1 Å². The Kier molecular flexibility index (Phi) is 6.70. The van der Waals surface area contributed by atoms with Crippen LogP contribution in [0.25, 0.3) is 17.0 Å². The molecule has 0 atom stereocenters. The molecule has 0 spiro atoms. The molecule has 1 heterocycles. The molecule has 4 aromatic carbocycles. The first-order chi connectivity index (χ1) is 19.6. The second-order valence-electron chi connectivity index (χ2n) is 9.69. The van der Waals surface area contributed by atoms with Crippen LogP contribution in [0.1, 0.15) is 17.7 Å². The van der Waals surface area contributed by atoms with Gasteiger partial charge < -0.3 is 30.3 Å². The highest BCUT2D eigenvalue weighted by Crippen LogP contribution is 2.40. The summed E-state index contributed by atoms with van der Waals surface area (Å²) in [6.45, 7) is 0.